The van der Waals surface area contributed by atoms with Crippen molar-refractivity contribution < 1.29 is 14.3 Å². The lowest BCUT2D eigenvalue weighted by atomic mass is 10.1. The van der Waals surface area contributed by atoms with Crippen LogP contribution in [0.1, 0.15) is 26.5 Å². The molecule has 0 fully saturated rings. The van der Waals surface area contributed by atoms with E-state index in [1.54, 1.807) is 30.4 Å². The number of hydrogen-bond acceptors (Lipinski definition) is 5. The van der Waals surface area contributed by atoms with Crippen molar-refractivity contribution in [1.29, 1.82) is 0 Å². The van der Waals surface area contributed by atoms with E-state index in [-0.39, 0.29) is 11.6 Å². The number of benzene rings is 1. The molecule has 0 spiro atoms. The third-order valence-corrected chi connectivity index (χ3v) is 5.22. The Morgan fingerprint density at radius 1 is 1.14 bits per heavy atom. The lowest BCUT2D eigenvalue weighted by Gasteiger charge is -2.10. The maximum absolute atomic E-state index is 13.1. The number of pyridine rings is 1. The zero-order valence-electron chi connectivity index (χ0n) is 15.3. The van der Waals surface area contributed by atoms with E-state index >= 15 is 0 Å². The molecule has 0 saturated carbocycles. The Morgan fingerprint density at radius 3 is 2.71 bits per heavy atom. The van der Waals surface area contributed by atoms with Gasteiger partial charge in [0.2, 0.25) is 0 Å². The lowest BCUT2D eigenvalue weighted by Crippen LogP contribution is -2.15. The van der Waals surface area contributed by atoms with Crippen LogP contribution < -0.4 is 5.32 Å². The number of carbonyl (C=O) groups is 2. The molecule has 0 aliphatic rings. The predicted molar refractivity (Wildman–Crippen MR) is 110 cm³/mol. The lowest BCUT2D eigenvalue weighted by molar-refractivity contribution is 0.0596. The molecule has 0 unspecified atom stereocenters. The first-order valence-electron chi connectivity index (χ1n) is 8.60. The molecule has 2 N–H and O–H groups in total. The second-order valence-electron chi connectivity index (χ2n) is 6.24. The molecule has 0 aliphatic heterocycles. The SMILES string of the molecule is COC(=O)c1[nH]c(C)cc1NC(=O)c1cc(-c2cccs2)nc2ccccc12. The van der Waals surface area contributed by atoms with E-state index in [4.69, 9.17) is 4.74 Å². The number of thiophene rings is 1. The van der Waals surface area contributed by atoms with E-state index in [0.717, 1.165) is 27.2 Å². The number of anilines is 1. The average molecular weight is 391 g/mol. The van der Waals surface area contributed by atoms with Crippen LogP contribution in [0.3, 0.4) is 0 Å². The van der Waals surface area contributed by atoms with Crippen LogP contribution in [0.4, 0.5) is 5.69 Å². The number of methoxy groups -OCH3 is 1. The number of hydrogen-bond donors (Lipinski definition) is 2. The molecule has 0 radical (unpaired) electrons. The van der Waals surface area contributed by atoms with Crippen molar-refractivity contribution in [2.45, 2.75) is 6.92 Å². The maximum atomic E-state index is 13.1. The van der Waals surface area contributed by atoms with Crippen molar-refractivity contribution in [3.8, 4) is 10.6 Å². The number of H-pyrrole nitrogens is 1. The number of rotatable bonds is 4. The topological polar surface area (TPSA) is 84.1 Å². The van der Waals surface area contributed by atoms with E-state index in [2.05, 4.69) is 15.3 Å². The fourth-order valence-electron chi connectivity index (χ4n) is 3.05. The molecule has 4 aromatic rings. The van der Waals surface area contributed by atoms with Gasteiger partial charge < -0.3 is 15.0 Å². The summed E-state index contributed by atoms with van der Waals surface area (Å²) in [5, 5.41) is 5.54. The molecule has 3 heterocycles. The van der Waals surface area contributed by atoms with Gasteiger partial charge in [0.1, 0.15) is 5.69 Å². The molecule has 1 amide bonds. The van der Waals surface area contributed by atoms with Gasteiger partial charge in [0.15, 0.2) is 0 Å². The molecule has 0 saturated heterocycles. The molecule has 0 aliphatic carbocycles. The van der Waals surface area contributed by atoms with Crippen LogP contribution >= 0.6 is 11.3 Å². The predicted octanol–water partition coefficient (Wildman–Crippen LogP) is 4.64. The van der Waals surface area contributed by atoms with Gasteiger partial charge in [0.25, 0.3) is 5.91 Å². The fraction of sp³-hybridized carbons (Fsp3) is 0.0952. The van der Waals surface area contributed by atoms with E-state index in [9.17, 15) is 9.59 Å². The fourth-order valence-corrected chi connectivity index (χ4v) is 3.74. The minimum atomic E-state index is -0.540. The van der Waals surface area contributed by atoms with Gasteiger partial charge in [-0.3, -0.25) is 4.79 Å². The first-order chi connectivity index (χ1) is 13.6. The van der Waals surface area contributed by atoms with Crippen LogP contribution in [0.15, 0.2) is 53.9 Å². The van der Waals surface area contributed by atoms with Gasteiger partial charge in [0, 0.05) is 11.1 Å². The largest absolute Gasteiger partial charge is 0.464 e. The second kappa shape index (κ2) is 7.28. The van der Waals surface area contributed by atoms with Gasteiger partial charge in [-0.25, -0.2) is 9.78 Å². The number of aromatic nitrogens is 2. The van der Waals surface area contributed by atoms with Gasteiger partial charge in [-0.05, 0) is 36.6 Å². The molecule has 28 heavy (non-hydrogen) atoms. The highest BCUT2D eigenvalue weighted by Gasteiger charge is 2.20. The molecule has 3 aromatic heterocycles. The first-order valence-corrected chi connectivity index (χ1v) is 9.47. The summed E-state index contributed by atoms with van der Waals surface area (Å²) in [5.41, 5.74) is 3.30. The smallest absolute Gasteiger partial charge is 0.356 e. The Hall–Kier alpha value is -3.45. The molecule has 1 aromatic carbocycles. The molecular formula is C21H17N3O3S. The van der Waals surface area contributed by atoms with Gasteiger partial charge in [0.05, 0.1) is 34.4 Å². The number of ether oxygens (including phenoxy) is 1. The van der Waals surface area contributed by atoms with Crippen molar-refractivity contribution in [3.63, 3.8) is 0 Å². The van der Waals surface area contributed by atoms with Gasteiger partial charge in [-0.15, -0.1) is 11.3 Å². The second-order valence-corrected chi connectivity index (χ2v) is 7.18. The number of carbonyl (C=O) groups excluding carboxylic acids is 2. The number of amides is 1. The standard InChI is InChI=1S/C21H17N3O3S/c1-12-10-17(19(22-12)21(26)27-2)24-20(25)14-11-16(18-8-5-9-28-18)23-15-7-4-3-6-13(14)15/h3-11,22H,1-2H3,(H,24,25). The number of fused-ring (bicyclic) bond motifs is 1. The summed E-state index contributed by atoms with van der Waals surface area (Å²) in [7, 11) is 1.30. The van der Waals surface area contributed by atoms with Gasteiger partial charge >= 0.3 is 5.97 Å². The summed E-state index contributed by atoms with van der Waals surface area (Å²) >= 11 is 1.56. The van der Waals surface area contributed by atoms with Gasteiger partial charge in [-0.1, -0.05) is 24.3 Å². The first kappa shape index (κ1) is 17.9. The van der Waals surface area contributed by atoms with Crippen molar-refractivity contribution in [2.75, 3.05) is 12.4 Å². The summed E-state index contributed by atoms with van der Waals surface area (Å²) in [6.07, 6.45) is 0. The van der Waals surface area contributed by atoms with Crippen LogP contribution in [-0.2, 0) is 4.74 Å². The van der Waals surface area contributed by atoms with E-state index in [1.165, 1.54) is 7.11 Å². The Bertz CT molecular complexity index is 1180. The maximum Gasteiger partial charge on any atom is 0.356 e. The molecular weight excluding hydrogens is 374 g/mol. The third-order valence-electron chi connectivity index (χ3n) is 4.32. The number of para-hydroxylation sites is 1. The Labute approximate surface area is 165 Å². The average Bonchev–Trinajstić information content (AvgIpc) is 3.36. The van der Waals surface area contributed by atoms with Crippen molar-refractivity contribution in [2.24, 2.45) is 0 Å². The minimum Gasteiger partial charge on any atom is -0.464 e. The summed E-state index contributed by atoms with van der Waals surface area (Å²) in [6.45, 7) is 1.80. The van der Waals surface area contributed by atoms with E-state index in [1.807, 2.05) is 41.8 Å². The normalized spacial score (nSPS) is 10.8. The Kier molecular flexibility index (Phi) is 4.67. The van der Waals surface area contributed by atoms with Crippen molar-refractivity contribution in [3.05, 3.63) is 70.9 Å². The summed E-state index contributed by atoms with van der Waals surface area (Å²) in [4.78, 5) is 33.7. The van der Waals surface area contributed by atoms with E-state index in [0.29, 0.717) is 11.3 Å². The van der Waals surface area contributed by atoms with Crippen LogP contribution in [0.2, 0.25) is 0 Å². The molecule has 4 rings (SSSR count). The minimum absolute atomic E-state index is 0.213. The third kappa shape index (κ3) is 3.27. The quantitative estimate of drug-likeness (QED) is 0.497. The number of esters is 1. The molecule has 7 heteroatoms. The van der Waals surface area contributed by atoms with Crippen molar-refractivity contribution in [1.82, 2.24) is 9.97 Å². The molecule has 6 nitrogen and oxygen atoms in total. The summed E-state index contributed by atoms with van der Waals surface area (Å²) < 4.78 is 4.79. The number of aryl methyl sites for hydroxylation is 1. The zero-order chi connectivity index (χ0) is 19.7. The number of nitrogens with one attached hydrogen (secondary N) is 2. The summed E-state index contributed by atoms with van der Waals surface area (Å²) in [5.74, 6) is -0.858. The zero-order valence-corrected chi connectivity index (χ0v) is 16.1. The van der Waals surface area contributed by atoms with E-state index < -0.39 is 5.97 Å². The van der Waals surface area contributed by atoms with Crippen LogP contribution in [0, 0.1) is 6.92 Å². The Balaban J connectivity index is 1.79. The highest BCUT2D eigenvalue weighted by atomic mass is 32.1. The highest BCUT2D eigenvalue weighted by Crippen LogP contribution is 2.29. The van der Waals surface area contributed by atoms with Gasteiger partial charge in [-0.2, -0.15) is 0 Å². The highest BCUT2D eigenvalue weighted by molar-refractivity contribution is 7.13. The molecule has 0 atom stereocenters. The van der Waals surface area contributed by atoms with Crippen LogP contribution in [0.5, 0.6) is 0 Å². The Morgan fingerprint density at radius 2 is 1.96 bits per heavy atom. The number of nitrogens with zero attached hydrogens (tertiary/aromatic N) is 1. The number of aromatic amines is 1. The monoisotopic (exact) mass is 391 g/mol. The summed E-state index contributed by atoms with van der Waals surface area (Å²) in [6, 6.07) is 14.9. The molecule has 140 valence electrons. The van der Waals surface area contributed by atoms with Crippen LogP contribution in [0.25, 0.3) is 21.5 Å². The van der Waals surface area contributed by atoms with Crippen LogP contribution in [-0.4, -0.2) is 29.0 Å². The van der Waals surface area contributed by atoms with Crippen molar-refractivity contribution >= 4 is 39.8 Å². The molecule has 0 bridgehead atoms.